The summed E-state index contributed by atoms with van der Waals surface area (Å²) in [4.78, 5) is 38.1. The van der Waals surface area contributed by atoms with Gasteiger partial charge in [0, 0.05) is 37.0 Å². The standard InChI is InChI=1S/C39H48N6O7S/c1-6-51-34-24-30(50-5)11-13-35(34)53(48,49)45-33-12-10-27(25-40)23-32(33)39(37(45)46,31-9-8-18-41-36(31)52-7-2)42-38(47)44-21-16-29(17-22-44)28-14-19-43(20-15-28)26(3)4/h8-13,18,23-24,26,28-29H,6-7,14-17,19-22H2,1-5H3,(H,42,47). The van der Waals surface area contributed by atoms with E-state index in [2.05, 4.69) is 35.1 Å². The maximum atomic E-state index is 15.3. The third-order valence-corrected chi connectivity index (χ3v) is 12.5. The van der Waals surface area contributed by atoms with Crippen molar-refractivity contribution in [3.05, 3.63) is 71.4 Å². The largest absolute Gasteiger partial charge is 0.497 e. The number of nitrogens with zero attached hydrogens (tertiary/aromatic N) is 5. The zero-order valence-corrected chi connectivity index (χ0v) is 31.8. The summed E-state index contributed by atoms with van der Waals surface area (Å²) in [5.74, 6) is 0.503. The number of aromatic nitrogens is 1. The van der Waals surface area contributed by atoms with Crippen LogP contribution < -0.4 is 23.8 Å². The summed E-state index contributed by atoms with van der Waals surface area (Å²) in [5, 5.41) is 13.0. The highest BCUT2D eigenvalue weighted by Gasteiger charge is 2.59. The molecule has 0 spiro atoms. The van der Waals surface area contributed by atoms with Crippen LogP contribution in [0.15, 0.2) is 59.6 Å². The summed E-state index contributed by atoms with van der Waals surface area (Å²) in [6, 6.07) is 13.8. The summed E-state index contributed by atoms with van der Waals surface area (Å²) >= 11 is 0. The number of piperidine rings is 2. The minimum absolute atomic E-state index is 0.00878. The number of hydrogen-bond donors (Lipinski definition) is 1. The van der Waals surface area contributed by atoms with Crippen molar-refractivity contribution in [2.24, 2.45) is 11.8 Å². The molecule has 3 aromatic rings. The van der Waals surface area contributed by atoms with E-state index < -0.39 is 27.5 Å². The number of urea groups is 1. The highest BCUT2D eigenvalue weighted by Crippen LogP contribution is 2.50. The first-order chi connectivity index (χ1) is 25.5. The number of carbonyl (C=O) groups excluding carboxylic acids is 2. The van der Waals surface area contributed by atoms with E-state index in [4.69, 9.17) is 14.2 Å². The highest BCUT2D eigenvalue weighted by molar-refractivity contribution is 7.93. The number of carbonyl (C=O) groups is 2. The van der Waals surface area contributed by atoms with Gasteiger partial charge in [-0.05, 0) is 121 Å². The normalized spacial score (nSPS) is 19.9. The Morgan fingerprint density at radius 1 is 0.981 bits per heavy atom. The Morgan fingerprint density at radius 3 is 2.28 bits per heavy atom. The van der Waals surface area contributed by atoms with Gasteiger partial charge in [-0.15, -0.1) is 0 Å². The van der Waals surface area contributed by atoms with Crippen molar-refractivity contribution in [1.82, 2.24) is 20.1 Å². The van der Waals surface area contributed by atoms with Crippen LogP contribution >= 0.6 is 0 Å². The number of fused-ring (bicyclic) bond motifs is 1. The lowest BCUT2D eigenvalue weighted by Crippen LogP contribution is -2.58. The van der Waals surface area contributed by atoms with Gasteiger partial charge in [-0.3, -0.25) is 4.79 Å². The third-order valence-electron chi connectivity index (χ3n) is 10.8. The number of nitrogens with one attached hydrogen (secondary N) is 1. The van der Waals surface area contributed by atoms with Crippen LogP contribution in [-0.4, -0.2) is 87.7 Å². The van der Waals surface area contributed by atoms with Gasteiger partial charge >= 0.3 is 6.03 Å². The molecule has 1 unspecified atom stereocenters. The van der Waals surface area contributed by atoms with Crippen molar-refractivity contribution >= 4 is 27.6 Å². The number of ether oxygens (including phenoxy) is 3. The first-order valence-corrected chi connectivity index (χ1v) is 19.8. The summed E-state index contributed by atoms with van der Waals surface area (Å²) in [7, 11) is -3.25. The van der Waals surface area contributed by atoms with Gasteiger partial charge in [-0.25, -0.2) is 18.2 Å². The first-order valence-electron chi connectivity index (χ1n) is 18.3. The molecule has 6 rings (SSSR count). The number of rotatable bonds is 11. The van der Waals surface area contributed by atoms with E-state index in [-0.39, 0.29) is 52.1 Å². The molecular formula is C39H48N6O7S. The molecule has 2 fully saturated rings. The molecule has 0 radical (unpaired) electrons. The highest BCUT2D eigenvalue weighted by atomic mass is 32.2. The molecule has 14 heteroatoms. The van der Waals surface area contributed by atoms with Crippen molar-refractivity contribution in [1.29, 1.82) is 5.26 Å². The molecule has 13 nitrogen and oxygen atoms in total. The second-order valence-corrected chi connectivity index (χ2v) is 15.7. The summed E-state index contributed by atoms with van der Waals surface area (Å²) in [6.45, 7) is 11.4. The molecule has 3 aliphatic heterocycles. The minimum Gasteiger partial charge on any atom is -0.497 e. The van der Waals surface area contributed by atoms with Crippen molar-refractivity contribution in [2.75, 3.05) is 50.8 Å². The number of pyridine rings is 1. The molecule has 1 aromatic heterocycles. The predicted octanol–water partition coefficient (Wildman–Crippen LogP) is 5.28. The number of likely N-dealkylation sites (tertiary alicyclic amines) is 2. The topological polar surface area (TPSA) is 154 Å². The number of anilines is 1. The zero-order valence-electron chi connectivity index (χ0n) is 31.0. The number of methoxy groups -OCH3 is 1. The SMILES string of the molecule is CCOc1cc(OC)ccc1S(=O)(=O)N1C(=O)C(NC(=O)N2CCC(C3CCN(C(C)C)CC3)CC2)(c2cccnc2OCC)c2cc(C#N)ccc21. The van der Waals surface area contributed by atoms with Crippen LogP contribution in [0.1, 0.15) is 70.1 Å². The van der Waals surface area contributed by atoms with Crippen LogP contribution in [-0.2, 0) is 20.4 Å². The summed E-state index contributed by atoms with van der Waals surface area (Å²) < 4.78 is 47.2. The molecule has 4 heterocycles. The third kappa shape index (κ3) is 7.00. The Kier molecular flexibility index (Phi) is 11.2. The van der Waals surface area contributed by atoms with Crippen molar-refractivity contribution in [3.63, 3.8) is 0 Å². The van der Waals surface area contributed by atoms with Gasteiger partial charge in [0.2, 0.25) is 5.88 Å². The molecule has 3 aliphatic rings. The Hall–Kier alpha value is -4.87. The molecule has 2 aromatic carbocycles. The molecule has 282 valence electrons. The Morgan fingerprint density at radius 2 is 1.66 bits per heavy atom. The van der Waals surface area contributed by atoms with Crippen LogP contribution in [0.4, 0.5) is 10.5 Å². The van der Waals surface area contributed by atoms with Crippen LogP contribution in [0.3, 0.4) is 0 Å². The number of sulfonamides is 1. The van der Waals surface area contributed by atoms with Gasteiger partial charge in [-0.2, -0.15) is 9.57 Å². The summed E-state index contributed by atoms with van der Waals surface area (Å²) in [6.07, 6.45) is 5.41. The molecule has 1 N–H and O–H groups in total. The lowest BCUT2D eigenvalue weighted by Gasteiger charge is -2.42. The maximum absolute atomic E-state index is 15.3. The van der Waals surface area contributed by atoms with E-state index in [0.29, 0.717) is 41.0 Å². The predicted molar refractivity (Wildman–Crippen MR) is 198 cm³/mol. The Balaban J connectivity index is 1.41. The fourth-order valence-electron chi connectivity index (χ4n) is 7.99. The van der Waals surface area contributed by atoms with Crippen molar-refractivity contribution < 1.29 is 32.2 Å². The van der Waals surface area contributed by atoms with E-state index >= 15 is 4.79 Å². The van der Waals surface area contributed by atoms with E-state index in [0.717, 1.165) is 38.8 Å². The first kappa shape index (κ1) is 37.9. The average molecular weight is 745 g/mol. The van der Waals surface area contributed by atoms with Gasteiger partial charge in [0.05, 0.1) is 43.2 Å². The van der Waals surface area contributed by atoms with E-state index in [9.17, 15) is 18.5 Å². The Labute approximate surface area is 311 Å². The lowest BCUT2D eigenvalue weighted by molar-refractivity contribution is -0.121. The van der Waals surface area contributed by atoms with Gasteiger partial charge in [-0.1, -0.05) is 0 Å². The molecule has 2 saturated heterocycles. The minimum atomic E-state index is -4.70. The van der Waals surface area contributed by atoms with E-state index in [1.165, 1.54) is 49.7 Å². The zero-order chi connectivity index (χ0) is 37.9. The molecular weight excluding hydrogens is 697 g/mol. The summed E-state index contributed by atoms with van der Waals surface area (Å²) in [5.41, 5.74) is -1.75. The number of benzene rings is 2. The second kappa shape index (κ2) is 15.6. The lowest BCUT2D eigenvalue weighted by atomic mass is 9.78. The van der Waals surface area contributed by atoms with Gasteiger partial charge in [0.25, 0.3) is 15.9 Å². The second-order valence-electron chi connectivity index (χ2n) is 13.9. The molecule has 0 aliphatic carbocycles. The van der Waals surface area contributed by atoms with Crippen LogP contribution in [0, 0.1) is 23.2 Å². The molecule has 0 bridgehead atoms. The number of amides is 3. The number of hydrogen-bond acceptors (Lipinski definition) is 10. The number of nitriles is 1. The maximum Gasteiger partial charge on any atom is 0.318 e. The fraction of sp³-hybridized carbons (Fsp3) is 0.487. The van der Waals surface area contributed by atoms with Crippen molar-refractivity contribution in [3.8, 4) is 23.4 Å². The van der Waals surface area contributed by atoms with Gasteiger partial charge < -0.3 is 29.3 Å². The molecule has 53 heavy (non-hydrogen) atoms. The van der Waals surface area contributed by atoms with E-state index in [1.54, 1.807) is 30.9 Å². The molecule has 0 saturated carbocycles. The van der Waals surface area contributed by atoms with Crippen LogP contribution in [0.2, 0.25) is 0 Å². The molecule has 1 atom stereocenters. The molecule has 3 amide bonds. The van der Waals surface area contributed by atoms with E-state index in [1.807, 2.05) is 0 Å². The van der Waals surface area contributed by atoms with Crippen molar-refractivity contribution in [2.45, 2.75) is 69.9 Å². The fourth-order valence-corrected chi connectivity index (χ4v) is 9.57. The Bertz CT molecular complexity index is 1980. The average Bonchev–Trinajstić information content (AvgIpc) is 3.42. The van der Waals surface area contributed by atoms with Gasteiger partial charge in [0.1, 0.15) is 16.4 Å². The van der Waals surface area contributed by atoms with Crippen LogP contribution in [0.5, 0.6) is 17.4 Å². The monoisotopic (exact) mass is 744 g/mol. The van der Waals surface area contributed by atoms with Gasteiger partial charge in [0.15, 0.2) is 5.54 Å². The quantitative estimate of drug-likeness (QED) is 0.274. The van der Waals surface area contributed by atoms with Crippen LogP contribution in [0.25, 0.3) is 0 Å². The smallest absolute Gasteiger partial charge is 0.318 e.